The van der Waals surface area contributed by atoms with E-state index in [1.165, 1.54) is 5.56 Å². The summed E-state index contributed by atoms with van der Waals surface area (Å²) in [5.74, 6) is 0. The predicted molar refractivity (Wildman–Crippen MR) is 93.2 cm³/mol. The minimum absolute atomic E-state index is 0.128. The summed E-state index contributed by atoms with van der Waals surface area (Å²) in [7, 11) is 0. The fourth-order valence-corrected chi connectivity index (χ4v) is 2.52. The SMILES string of the molecule is Cc1ccc(C2=NO[C@@H](CNC(=O)NCCCn3ccnn3)C2)cc1. The number of aromatic nitrogens is 3. The van der Waals surface area contributed by atoms with E-state index in [1.807, 2.05) is 19.1 Å². The highest BCUT2D eigenvalue weighted by molar-refractivity contribution is 6.01. The number of carbonyl (C=O) groups excluding carboxylic acids is 1. The van der Waals surface area contributed by atoms with Crippen LogP contribution in [0.5, 0.6) is 0 Å². The standard InChI is InChI=1S/C17H22N6O2/c1-13-3-5-14(6-4-13)16-11-15(25-21-16)12-19-17(24)18-7-2-9-23-10-8-20-22-23/h3-6,8,10,15H,2,7,9,11-12H2,1H3,(H2,18,19,24)/t15-/m1/s1. The van der Waals surface area contributed by atoms with E-state index in [1.54, 1.807) is 17.1 Å². The summed E-state index contributed by atoms with van der Waals surface area (Å²) in [5.41, 5.74) is 3.19. The number of carbonyl (C=O) groups is 1. The first-order chi connectivity index (χ1) is 12.2. The number of oxime groups is 1. The first kappa shape index (κ1) is 16.9. The fraction of sp³-hybridized carbons (Fsp3) is 0.412. The van der Waals surface area contributed by atoms with E-state index in [0.717, 1.165) is 24.2 Å². The molecule has 0 unspecified atom stereocenters. The van der Waals surface area contributed by atoms with Crippen LogP contribution in [0.1, 0.15) is 24.0 Å². The molecule has 2 heterocycles. The number of aryl methyl sites for hydroxylation is 2. The van der Waals surface area contributed by atoms with Gasteiger partial charge in [-0.1, -0.05) is 40.2 Å². The summed E-state index contributed by atoms with van der Waals surface area (Å²) < 4.78 is 1.73. The Morgan fingerprint density at radius 1 is 1.32 bits per heavy atom. The molecule has 0 fully saturated rings. The Morgan fingerprint density at radius 2 is 2.16 bits per heavy atom. The van der Waals surface area contributed by atoms with Gasteiger partial charge >= 0.3 is 6.03 Å². The quantitative estimate of drug-likeness (QED) is 0.745. The first-order valence-corrected chi connectivity index (χ1v) is 8.36. The summed E-state index contributed by atoms with van der Waals surface area (Å²) in [4.78, 5) is 17.2. The molecule has 2 aromatic rings. The third-order valence-corrected chi connectivity index (χ3v) is 3.93. The Kier molecular flexibility index (Phi) is 5.61. The van der Waals surface area contributed by atoms with Crippen molar-refractivity contribution in [2.75, 3.05) is 13.1 Å². The number of benzene rings is 1. The number of nitrogens with zero attached hydrogens (tertiary/aromatic N) is 4. The van der Waals surface area contributed by atoms with Crippen molar-refractivity contribution >= 4 is 11.7 Å². The Morgan fingerprint density at radius 3 is 2.92 bits per heavy atom. The van der Waals surface area contributed by atoms with Crippen molar-refractivity contribution in [1.82, 2.24) is 25.6 Å². The van der Waals surface area contributed by atoms with Crippen LogP contribution in [0.25, 0.3) is 0 Å². The molecule has 2 amide bonds. The smallest absolute Gasteiger partial charge is 0.314 e. The van der Waals surface area contributed by atoms with Gasteiger partial charge in [0, 0.05) is 25.7 Å². The van der Waals surface area contributed by atoms with Crippen LogP contribution in [0.15, 0.2) is 41.8 Å². The number of rotatable bonds is 7. The molecule has 25 heavy (non-hydrogen) atoms. The second-order valence-corrected chi connectivity index (χ2v) is 5.99. The Bertz CT molecular complexity index is 711. The fourth-order valence-electron chi connectivity index (χ4n) is 2.52. The molecule has 1 aromatic carbocycles. The van der Waals surface area contributed by atoms with Gasteiger partial charge in [-0.25, -0.2) is 4.79 Å². The molecule has 1 aliphatic rings. The van der Waals surface area contributed by atoms with Gasteiger partial charge < -0.3 is 15.5 Å². The van der Waals surface area contributed by atoms with E-state index in [9.17, 15) is 4.79 Å². The number of nitrogens with one attached hydrogen (secondary N) is 2. The van der Waals surface area contributed by atoms with Crippen LogP contribution in [0.2, 0.25) is 0 Å². The van der Waals surface area contributed by atoms with Crippen LogP contribution >= 0.6 is 0 Å². The van der Waals surface area contributed by atoms with Gasteiger partial charge in [0.05, 0.1) is 18.5 Å². The van der Waals surface area contributed by atoms with Gasteiger partial charge in [-0.05, 0) is 18.9 Å². The van der Waals surface area contributed by atoms with Crippen molar-refractivity contribution in [1.29, 1.82) is 0 Å². The first-order valence-electron chi connectivity index (χ1n) is 8.36. The molecule has 1 aliphatic heterocycles. The third-order valence-electron chi connectivity index (χ3n) is 3.93. The summed E-state index contributed by atoms with van der Waals surface area (Å²) in [6, 6.07) is 7.97. The van der Waals surface area contributed by atoms with Crippen LogP contribution < -0.4 is 10.6 Å². The van der Waals surface area contributed by atoms with Gasteiger partial charge in [0.1, 0.15) is 0 Å². The highest BCUT2D eigenvalue weighted by atomic mass is 16.6. The maximum Gasteiger partial charge on any atom is 0.314 e. The molecule has 0 spiro atoms. The van der Waals surface area contributed by atoms with E-state index in [0.29, 0.717) is 19.5 Å². The second kappa shape index (κ2) is 8.27. The maximum absolute atomic E-state index is 11.8. The van der Waals surface area contributed by atoms with Gasteiger partial charge in [0.15, 0.2) is 6.10 Å². The van der Waals surface area contributed by atoms with Crippen molar-refractivity contribution in [3.05, 3.63) is 47.8 Å². The average molecular weight is 342 g/mol. The summed E-state index contributed by atoms with van der Waals surface area (Å²) in [5, 5.41) is 17.4. The molecule has 0 bridgehead atoms. The molecule has 0 aliphatic carbocycles. The number of hydrogen-bond acceptors (Lipinski definition) is 5. The molecule has 132 valence electrons. The zero-order valence-electron chi connectivity index (χ0n) is 14.2. The molecule has 8 heteroatoms. The van der Waals surface area contributed by atoms with Crippen LogP contribution in [0.3, 0.4) is 0 Å². The molecule has 0 saturated carbocycles. The van der Waals surface area contributed by atoms with Crippen LogP contribution in [0, 0.1) is 6.92 Å². The minimum atomic E-state index is -0.203. The van der Waals surface area contributed by atoms with Crippen molar-refractivity contribution in [3.63, 3.8) is 0 Å². The number of amides is 2. The van der Waals surface area contributed by atoms with Crippen LogP contribution in [-0.4, -0.2) is 45.9 Å². The molecular weight excluding hydrogens is 320 g/mol. The third kappa shape index (κ3) is 5.03. The van der Waals surface area contributed by atoms with E-state index in [4.69, 9.17) is 4.84 Å². The second-order valence-electron chi connectivity index (χ2n) is 5.99. The largest absolute Gasteiger partial charge is 0.390 e. The lowest BCUT2D eigenvalue weighted by atomic mass is 10.0. The molecule has 3 rings (SSSR count). The zero-order valence-corrected chi connectivity index (χ0v) is 14.2. The van der Waals surface area contributed by atoms with Crippen LogP contribution in [-0.2, 0) is 11.4 Å². The summed E-state index contributed by atoms with van der Waals surface area (Å²) in [6.45, 7) is 3.77. The van der Waals surface area contributed by atoms with Gasteiger partial charge in [0.2, 0.25) is 0 Å². The highest BCUT2D eigenvalue weighted by Crippen LogP contribution is 2.16. The zero-order chi connectivity index (χ0) is 17.5. The Balaban J connectivity index is 1.31. The van der Waals surface area contributed by atoms with Gasteiger partial charge in [0.25, 0.3) is 0 Å². The van der Waals surface area contributed by atoms with Crippen molar-refractivity contribution in [2.45, 2.75) is 32.4 Å². The molecular formula is C17H22N6O2. The topological polar surface area (TPSA) is 93.4 Å². The van der Waals surface area contributed by atoms with Gasteiger partial charge in [-0.3, -0.25) is 4.68 Å². The minimum Gasteiger partial charge on any atom is -0.390 e. The lowest BCUT2D eigenvalue weighted by Crippen LogP contribution is -2.40. The van der Waals surface area contributed by atoms with E-state index < -0.39 is 0 Å². The Labute approximate surface area is 146 Å². The summed E-state index contributed by atoms with van der Waals surface area (Å²) in [6.07, 6.45) is 4.78. The van der Waals surface area contributed by atoms with Crippen LogP contribution in [0.4, 0.5) is 4.79 Å². The normalized spacial score (nSPS) is 16.2. The highest BCUT2D eigenvalue weighted by Gasteiger charge is 2.22. The molecule has 8 nitrogen and oxygen atoms in total. The molecule has 2 N–H and O–H groups in total. The lowest BCUT2D eigenvalue weighted by Gasteiger charge is -2.11. The van der Waals surface area contributed by atoms with Crippen molar-refractivity contribution < 1.29 is 9.63 Å². The Hall–Kier alpha value is -2.90. The van der Waals surface area contributed by atoms with E-state index >= 15 is 0 Å². The molecule has 0 radical (unpaired) electrons. The van der Waals surface area contributed by atoms with Crippen molar-refractivity contribution in [2.24, 2.45) is 5.16 Å². The average Bonchev–Trinajstić information content (AvgIpc) is 3.29. The summed E-state index contributed by atoms with van der Waals surface area (Å²) >= 11 is 0. The number of hydrogen-bond donors (Lipinski definition) is 2. The van der Waals surface area contributed by atoms with Crippen molar-refractivity contribution in [3.8, 4) is 0 Å². The molecule has 0 saturated heterocycles. The molecule has 1 aromatic heterocycles. The number of urea groups is 1. The lowest BCUT2D eigenvalue weighted by molar-refractivity contribution is 0.0865. The maximum atomic E-state index is 11.8. The van der Waals surface area contributed by atoms with Gasteiger partial charge in [-0.15, -0.1) is 5.10 Å². The van der Waals surface area contributed by atoms with Gasteiger partial charge in [-0.2, -0.15) is 0 Å². The monoisotopic (exact) mass is 342 g/mol. The predicted octanol–water partition coefficient (Wildman–Crippen LogP) is 1.47. The van der Waals surface area contributed by atoms with E-state index in [-0.39, 0.29) is 12.1 Å². The van der Waals surface area contributed by atoms with E-state index in [2.05, 4.69) is 38.2 Å². The molecule has 1 atom stereocenters.